The minimum atomic E-state index is -1.29. The molecule has 0 aromatic heterocycles. The quantitative estimate of drug-likeness (QED) is 0.394. The maximum absolute atomic E-state index is 6.20. The maximum Gasteiger partial charge on any atom is 0.172 e. The molecule has 0 nitrogen and oxygen atoms in total. The molecule has 2 rings (SSSR count). The van der Waals surface area contributed by atoms with Crippen molar-refractivity contribution < 1.29 is 0 Å². The van der Waals surface area contributed by atoms with Gasteiger partial charge in [0.1, 0.15) is 0 Å². The Balaban J connectivity index is 2.51. The molecule has 96 valence electrons. The van der Waals surface area contributed by atoms with E-state index in [9.17, 15) is 0 Å². The molecule has 0 N–H and O–H groups in total. The van der Waals surface area contributed by atoms with Crippen molar-refractivity contribution in [2.75, 3.05) is 0 Å². The number of rotatable bonds is 1. The molecule has 0 radical (unpaired) electrons. The molecule has 0 heterocycles. The fourth-order valence-corrected chi connectivity index (χ4v) is 3.04. The first-order valence-corrected chi connectivity index (χ1v) is 7.17. The largest absolute Gasteiger partial charge is 0.172 e. The van der Waals surface area contributed by atoms with E-state index in [2.05, 4.69) is 0 Å². The zero-order chi connectivity index (χ0) is 13.5. The lowest BCUT2D eigenvalue weighted by Crippen LogP contribution is -2.17. The second-order valence-corrected chi connectivity index (χ2v) is 6.80. The Labute approximate surface area is 135 Å². The van der Waals surface area contributed by atoms with Crippen LogP contribution in [-0.4, -0.2) is 4.33 Å². The first kappa shape index (κ1) is 14.8. The third-order valence-electron chi connectivity index (χ3n) is 2.57. The zero-order valence-electron chi connectivity index (χ0n) is 8.73. The zero-order valence-corrected chi connectivity index (χ0v) is 13.3. The minimum absolute atomic E-state index is 0.177. The lowest BCUT2D eigenvalue weighted by Gasteiger charge is -2.26. The van der Waals surface area contributed by atoms with E-state index in [1.165, 1.54) is 0 Å². The van der Waals surface area contributed by atoms with Crippen LogP contribution in [0.4, 0.5) is 0 Å². The molecule has 0 saturated heterocycles. The predicted molar refractivity (Wildman–Crippen MR) is 81.5 cm³/mol. The molecule has 18 heavy (non-hydrogen) atoms. The number of halogens is 6. The summed E-state index contributed by atoms with van der Waals surface area (Å²) < 4.78 is -1.29. The number of alkyl halides is 2. The van der Waals surface area contributed by atoms with Gasteiger partial charge in [-0.15, -0.1) is 0 Å². The molecule has 1 aromatic rings. The Bertz CT molecular complexity index is 543. The number of hydrogen-bond donors (Lipinski definition) is 0. The molecule has 0 amide bonds. The first-order chi connectivity index (χ1) is 8.33. The molecule has 0 bridgehead atoms. The number of hydrogen-bond acceptors (Lipinski definition) is 0. The molecule has 0 fully saturated rings. The van der Waals surface area contributed by atoms with Crippen LogP contribution < -0.4 is 0 Å². The van der Waals surface area contributed by atoms with Gasteiger partial charge >= 0.3 is 0 Å². The van der Waals surface area contributed by atoms with Gasteiger partial charge in [-0.3, -0.25) is 0 Å². The average Bonchev–Trinajstić information content (AvgIpc) is 2.30. The highest BCUT2D eigenvalue weighted by Gasteiger charge is 2.34. The van der Waals surface area contributed by atoms with Crippen LogP contribution in [0.15, 0.2) is 40.4 Å². The fourth-order valence-electron chi connectivity index (χ4n) is 1.66. The average molecular weight is 363 g/mol. The van der Waals surface area contributed by atoms with Crippen LogP contribution in [0.1, 0.15) is 11.5 Å². The summed E-state index contributed by atoms with van der Waals surface area (Å²) in [5.41, 5.74) is 0.757. The van der Waals surface area contributed by atoms with E-state index in [4.69, 9.17) is 69.6 Å². The van der Waals surface area contributed by atoms with Gasteiger partial charge in [-0.05, 0) is 29.8 Å². The van der Waals surface area contributed by atoms with Crippen LogP contribution in [-0.2, 0) is 0 Å². The van der Waals surface area contributed by atoms with Gasteiger partial charge in [0.15, 0.2) is 4.33 Å². The summed E-state index contributed by atoms with van der Waals surface area (Å²) >= 11 is 36.3. The van der Waals surface area contributed by atoms with E-state index in [0.717, 1.165) is 5.56 Å². The van der Waals surface area contributed by atoms with Crippen molar-refractivity contribution in [3.8, 4) is 0 Å². The van der Waals surface area contributed by atoms with E-state index in [1.54, 1.807) is 30.4 Å². The Morgan fingerprint density at radius 2 is 1.67 bits per heavy atom. The van der Waals surface area contributed by atoms with E-state index in [1.807, 2.05) is 0 Å². The molecule has 0 spiro atoms. The van der Waals surface area contributed by atoms with Crippen molar-refractivity contribution in [3.05, 3.63) is 56.0 Å². The number of allylic oxidation sites excluding steroid dienone is 4. The van der Waals surface area contributed by atoms with Crippen molar-refractivity contribution >= 4 is 69.6 Å². The molecule has 1 aliphatic rings. The van der Waals surface area contributed by atoms with Gasteiger partial charge in [0.25, 0.3) is 0 Å². The maximum atomic E-state index is 6.20. The van der Waals surface area contributed by atoms with Crippen molar-refractivity contribution in [1.82, 2.24) is 0 Å². The Hall–Kier alpha value is 0.440. The van der Waals surface area contributed by atoms with Crippen LogP contribution >= 0.6 is 69.6 Å². The summed E-state index contributed by atoms with van der Waals surface area (Å²) in [7, 11) is 0. The normalized spacial score (nSPS) is 22.4. The molecule has 0 aliphatic heterocycles. The highest BCUT2D eigenvalue weighted by atomic mass is 35.5. The van der Waals surface area contributed by atoms with E-state index < -0.39 is 4.33 Å². The SMILES string of the molecule is ClC1=C(Cl)C(Cl)(Cl)C=CC1c1cc(Cl)ccc1Cl. The standard InChI is InChI=1S/C12H6Cl6/c13-6-1-2-9(14)8(5-6)7-3-4-12(17,18)11(16)10(7)15/h1-5,7H. The molecular formula is C12H6Cl6. The second-order valence-electron chi connectivity index (χ2n) is 3.79. The lowest BCUT2D eigenvalue weighted by atomic mass is 9.94. The van der Waals surface area contributed by atoms with Gasteiger partial charge in [0.05, 0.1) is 5.03 Å². The first-order valence-electron chi connectivity index (χ1n) is 4.90. The van der Waals surface area contributed by atoms with Gasteiger partial charge in [0.2, 0.25) is 0 Å². The van der Waals surface area contributed by atoms with Crippen LogP contribution in [0.25, 0.3) is 0 Å². The van der Waals surface area contributed by atoms with E-state index in [-0.39, 0.29) is 11.0 Å². The Kier molecular flexibility index (Phi) is 4.48. The van der Waals surface area contributed by atoms with Crippen molar-refractivity contribution in [2.45, 2.75) is 10.3 Å². The molecule has 1 atom stereocenters. The molecular weight excluding hydrogens is 357 g/mol. The summed E-state index contributed by atoms with van der Waals surface area (Å²) in [6.07, 6.45) is 3.33. The monoisotopic (exact) mass is 360 g/mol. The van der Waals surface area contributed by atoms with Crippen molar-refractivity contribution in [2.24, 2.45) is 0 Å². The molecule has 1 aromatic carbocycles. The summed E-state index contributed by atoms with van der Waals surface area (Å²) in [5, 5.41) is 1.63. The van der Waals surface area contributed by atoms with Crippen molar-refractivity contribution in [3.63, 3.8) is 0 Å². The molecule has 6 heteroatoms. The van der Waals surface area contributed by atoms with E-state index >= 15 is 0 Å². The van der Waals surface area contributed by atoms with Gasteiger partial charge in [0, 0.05) is 21.0 Å². The van der Waals surface area contributed by atoms with Crippen LogP contribution in [0.3, 0.4) is 0 Å². The second kappa shape index (κ2) is 5.44. The molecule has 1 aliphatic carbocycles. The van der Waals surface area contributed by atoms with Gasteiger partial charge in [-0.25, -0.2) is 0 Å². The fraction of sp³-hybridized carbons (Fsp3) is 0.167. The third-order valence-corrected chi connectivity index (χ3v) is 4.99. The lowest BCUT2D eigenvalue weighted by molar-refractivity contribution is 0.984. The van der Waals surface area contributed by atoms with Crippen LogP contribution in [0, 0.1) is 0 Å². The van der Waals surface area contributed by atoms with Gasteiger partial charge in [-0.2, -0.15) is 0 Å². The summed E-state index contributed by atoms with van der Waals surface area (Å²) in [5.74, 6) is -0.295. The Morgan fingerprint density at radius 3 is 2.33 bits per heavy atom. The third kappa shape index (κ3) is 2.80. The van der Waals surface area contributed by atoms with E-state index in [0.29, 0.717) is 15.1 Å². The van der Waals surface area contributed by atoms with Gasteiger partial charge in [-0.1, -0.05) is 75.7 Å². The summed E-state index contributed by atoms with van der Waals surface area (Å²) in [6.45, 7) is 0. The topological polar surface area (TPSA) is 0 Å². The summed E-state index contributed by atoms with van der Waals surface area (Å²) in [6, 6.07) is 5.14. The predicted octanol–water partition coefficient (Wildman–Crippen LogP) is 6.51. The molecule has 0 saturated carbocycles. The Morgan fingerprint density at radius 1 is 1.00 bits per heavy atom. The highest BCUT2D eigenvalue weighted by molar-refractivity contribution is 6.59. The molecule has 1 unspecified atom stereocenters. The summed E-state index contributed by atoms with van der Waals surface area (Å²) in [4.78, 5) is 0. The van der Waals surface area contributed by atoms with Crippen LogP contribution in [0.5, 0.6) is 0 Å². The smallest absolute Gasteiger partial charge is 0.0906 e. The van der Waals surface area contributed by atoms with Gasteiger partial charge < -0.3 is 0 Å². The minimum Gasteiger partial charge on any atom is -0.0906 e. The highest BCUT2D eigenvalue weighted by Crippen LogP contribution is 2.48. The number of benzene rings is 1. The van der Waals surface area contributed by atoms with Crippen LogP contribution in [0.2, 0.25) is 10.0 Å². The van der Waals surface area contributed by atoms with Crippen molar-refractivity contribution in [1.29, 1.82) is 0 Å².